The molecule has 0 aliphatic rings. The Morgan fingerprint density at radius 3 is 2.55 bits per heavy atom. The molecule has 0 fully saturated rings. The predicted octanol–water partition coefficient (Wildman–Crippen LogP) is 5.78. The van der Waals surface area contributed by atoms with E-state index >= 15 is 0 Å². The summed E-state index contributed by atoms with van der Waals surface area (Å²) in [6.45, 7) is 3.16. The number of benzene rings is 2. The van der Waals surface area contributed by atoms with Crippen LogP contribution in [0.15, 0.2) is 70.5 Å². The van der Waals surface area contributed by atoms with E-state index in [9.17, 15) is 13.6 Å². The zero-order valence-corrected chi connectivity index (χ0v) is 17.8. The molecule has 0 atom stereocenters. The molecule has 2 heterocycles. The number of fused-ring (bicyclic) bond motifs is 1. The van der Waals surface area contributed by atoms with Gasteiger partial charge in [-0.05, 0) is 44.2 Å². The first kappa shape index (κ1) is 21.0. The zero-order valence-electron chi connectivity index (χ0n) is 17.0. The number of alkyl halides is 2. The van der Waals surface area contributed by atoms with Gasteiger partial charge < -0.3 is 5.32 Å². The normalized spacial score (nSPS) is 11.3. The fourth-order valence-electron chi connectivity index (χ4n) is 3.40. The summed E-state index contributed by atoms with van der Waals surface area (Å²) in [5.74, 6) is -0.313. The van der Waals surface area contributed by atoms with Crippen LogP contribution in [0.1, 0.15) is 23.4 Å². The van der Waals surface area contributed by atoms with E-state index in [1.54, 1.807) is 25.6 Å². The SMILES string of the molecule is Cc1cc(C(F)F)c2c(C)nn(CC(=O)Nc3ccccc3Sc3ccccc3)c2n1. The third kappa shape index (κ3) is 4.59. The number of nitrogens with one attached hydrogen (secondary N) is 1. The minimum absolute atomic E-state index is 0.115. The minimum Gasteiger partial charge on any atom is -0.323 e. The Balaban J connectivity index is 1.59. The van der Waals surface area contributed by atoms with Crippen LogP contribution in [0.2, 0.25) is 0 Å². The summed E-state index contributed by atoms with van der Waals surface area (Å²) in [6.07, 6.45) is -2.64. The van der Waals surface area contributed by atoms with Crippen molar-refractivity contribution in [2.24, 2.45) is 0 Å². The van der Waals surface area contributed by atoms with Crippen molar-refractivity contribution in [1.29, 1.82) is 0 Å². The highest BCUT2D eigenvalue weighted by Gasteiger charge is 2.21. The van der Waals surface area contributed by atoms with Crippen LogP contribution in [0.25, 0.3) is 11.0 Å². The predicted molar refractivity (Wildman–Crippen MR) is 118 cm³/mol. The second-order valence-corrected chi connectivity index (χ2v) is 8.17. The maximum absolute atomic E-state index is 13.5. The molecular formula is C23H20F2N4OS. The summed E-state index contributed by atoms with van der Waals surface area (Å²) >= 11 is 1.54. The quantitative estimate of drug-likeness (QED) is 0.415. The number of nitrogens with zero attached hydrogens (tertiary/aromatic N) is 3. The molecule has 2 aromatic heterocycles. The second kappa shape index (κ2) is 8.85. The number of para-hydroxylation sites is 1. The molecule has 0 bridgehead atoms. The molecule has 31 heavy (non-hydrogen) atoms. The highest BCUT2D eigenvalue weighted by atomic mass is 32.2. The Morgan fingerprint density at radius 1 is 1.10 bits per heavy atom. The van der Waals surface area contributed by atoms with Crippen molar-refractivity contribution in [2.45, 2.75) is 36.6 Å². The molecule has 1 N–H and O–H groups in total. The zero-order chi connectivity index (χ0) is 22.0. The van der Waals surface area contributed by atoms with Gasteiger partial charge in [0.1, 0.15) is 6.54 Å². The molecular weight excluding hydrogens is 418 g/mol. The lowest BCUT2D eigenvalue weighted by atomic mass is 10.1. The van der Waals surface area contributed by atoms with Crippen molar-refractivity contribution in [3.8, 4) is 0 Å². The van der Waals surface area contributed by atoms with Crippen LogP contribution in [0.3, 0.4) is 0 Å². The van der Waals surface area contributed by atoms with E-state index in [0.717, 1.165) is 9.79 Å². The molecule has 2 aromatic carbocycles. The Kier molecular flexibility index (Phi) is 5.99. The lowest BCUT2D eigenvalue weighted by molar-refractivity contribution is -0.116. The van der Waals surface area contributed by atoms with Crippen LogP contribution in [0, 0.1) is 13.8 Å². The van der Waals surface area contributed by atoms with Crippen LogP contribution in [-0.4, -0.2) is 20.7 Å². The van der Waals surface area contributed by atoms with Crippen LogP contribution < -0.4 is 5.32 Å². The van der Waals surface area contributed by atoms with E-state index < -0.39 is 6.43 Å². The van der Waals surface area contributed by atoms with Crippen molar-refractivity contribution >= 4 is 34.4 Å². The summed E-state index contributed by atoms with van der Waals surface area (Å²) in [7, 11) is 0. The number of pyridine rings is 1. The molecule has 0 spiro atoms. The molecule has 5 nitrogen and oxygen atoms in total. The average Bonchev–Trinajstić information content (AvgIpc) is 3.04. The number of halogens is 2. The van der Waals surface area contributed by atoms with Crippen molar-refractivity contribution in [2.75, 3.05) is 5.32 Å². The first-order valence-corrected chi connectivity index (χ1v) is 10.5. The second-order valence-electron chi connectivity index (χ2n) is 7.05. The van der Waals surface area contributed by atoms with Crippen LogP contribution in [0.5, 0.6) is 0 Å². The Morgan fingerprint density at radius 2 is 1.81 bits per heavy atom. The number of aromatic nitrogens is 3. The van der Waals surface area contributed by atoms with Gasteiger partial charge in [-0.1, -0.05) is 42.1 Å². The highest BCUT2D eigenvalue weighted by molar-refractivity contribution is 7.99. The van der Waals surface area contributed by atoms with Gasteiger partial charge in [-0.25, -0.2) is 18.4 Å². The maximum atomic E-state index is 13.5. The first-order chi connectivity index (χ1) is 14.9. The number of amides is 1. The largest absolute Gasteiger partial charge is 0.323 e. The van der Waals surface area contributed by atoms with E-state index in [1.165, 1.54) is 10.7 Å². The fourth-order valence-corrected chi connectivity index (χ4v) is 4.32. The summed E-state index contributed by atoms with van der Waals surface area (Å²) in [5, 5.41) is 7.51. The van der Waals surface area contributed by atoms with Crippen LogP contribution in [-0.2, 0) is 11.3 Å². The van der Waals surface area contributed by atoms with Gasteiger partial charge >= 0.3 is 0 Å². The molecule has 0 saturated carbocycles. The van der Waals surface area contributed by atoms with Gasteiger partial charge in [0, 0.05) is 21.0 Å². The topological polar surface area (TPSA) is 59.8 Å². The smallest absolute Gasteiger partial charge is 0.264 e. The number of aryl methyl sites for hydroxylation is 2. The molecule has 0 saturated heterocycles. The molecule has 0 aliphatic carbocycles. The number of carbonyl (C=O) groups excluding carboxylic acids is 1. The number of hydrogen-bond donors (Lipinski definition) is 1. The van der Waals surface area contributed by atoms with Crippen molar-refractivity contribution in [3.05, 3.63) is 77.6 Å². The van der Waals surface area contributed by atoms with E-state index in [0.29, 0.717) is 22.5 Å². The summed E-state index contributed by atoms with van der Waals surface area (Å²) in [5.41, 5.74) is 1.72. The molecule has 158 valence electrons. The summed E-state index contributed by atoms with van der Waals surface area (Å²) in [4.78, 5) is 19.1. The van der Waals surface area contributed by atoms with E-state index in [2.05, 4.69) is 15.4 Å². The van der Waals surface area contributed by atoms with Crippen LogP contribution >= 0.6 is 11.8 Å². The van der Waals surface area contributed by atoms with Gasteiger partial charge in [-0.2, -0.15) is 5.10 Å². The first-order valence-electron chi connectivity index (χ1n) is 9.67. The Bertz CT molecular complexity index is 1240. The van der Waals surface area contributed by atoms with Gasteiger partial charge in [-0.15, -0.1) is 0 Å². The third-order valence-electron chi connectivity index (χ3n) is 4.70. The molecule has 4 rings (SSSR count). The van der Waals surface area contributed by atoms with E-state index in [4.69, 9.17) is 0 Å². The average molecular weight is 439 g/mol. The third-order valence-corrected chi connectivity index (χ3v) is 5.78. The van der Waals surface area contributed by atoms with Gasteiger partial charge in [0.2, 0.25) is 5.91 Å². The number of hydrogen-bond acceptors (Lipinski definition) is 4. The van der Waals surface area contributed by atoms with Crippen molar-refractivity contribution in [3.63, 3.8) is 0 Å². The van der Waals surface area contributed by atoms with Crippen LogP contribution in [0.4, 0.5) is 14.5 Å². The van der Waals surface area contributed by atoms with Crippen molar-refractivity contribution < 1.29 is 13.6 Å². The number of rotatable bonds is 6. The lowest BCUT2D eigenvalue weighted by Crippen LogP contribution is -2.20. The Hall–Kier alpha value is -3.26. The van der Waals surface area contributed by atoms with E-state index in [-0.39, 0.29) is 23.7 Å². The van der Waals surface area contributed by atoms with E-state index in [1.807, 2.05) is 54.6 Å². The lowest BCUT2D eigenvalue weighted by Gasteiger charge is -2.11. The standard InChI is InChI=1S/C23H20F2N4OS/c1-14-12-17(22(24)25)21-15(2)28-29(23(21)26-14)13-20(30)27-18-10-6-7-11-19(18)31-16-8-4-3-5-9-16/h3-12,22H,13H2,1-2H3,(H,27,30). The molecule has 0 unspecified atom stereocenters. The minimum atomic E-state index is -2.64. The maximum Gasteiger partial charge on any atom is 0.264 e. The fraction of sp³-hybridized carbons (Fsp3) is 0.174. The monoisotopic (exact) mass is 438 g/mol. The highest BCUT2D eigenvalue weighted by Crippen LogP contribution is 2.33. The van der Waals surface area contributed by atoms with Crippen molar-refractivity contribution in [1.82, 2.24) is 14.8 Å². The molecule has 0 aliphatic heterocycles. The summed E-state index contributed by atoms with van der Waals surface area (Å²) < 4.78 is 28.4. The Labute approximate surface area is 182 Å². The molecule has 1 amide bonds. The molecule has 4 aromatic rings. The van der Waals surface area contributed by atoms with Gasteiger partial charge in [0.05, 0.1) is 16.8 Å². The van der Waals surface area contributed by atoms with Gasteiger partial charge in [0.15, 0.2) is 5.65 Å². The molecule has 8 heteroatoms. The summed E-state index contributed by atoms with van der Waals surface area (Å²) in [6, 6.07) is 18.7. The number of anilines is 1. The number of carbonyl (C=O) groups is 1. The molecule has 0 radical (unpaired) electrons. The van der Waals surface area contributed by atoms with Gasteiger partial charge in [0.25, 0.3) is 6.43 Å². The van der Waals surface area contributed by atoms with Gasteiger partial charge in [-0.3, -0.25) is 4.79 Å².